The molecule has 0 aliphatic heterocycles. The molecule has 4 atom stereocenters. The number of halogens is 1. The lowest BCUT2D eigenvalue weighted by molar-refractivity contribution is 0.243. The molecule has 2 fully saturated rings. The molecule has 2 aliphatic carbocycles. The smallest absolute Gasteiger partial charge is 0.119 e. The summed E-state index contributed by atoms with van der Waals surface area (Å²) in [6.45, 7) is 0. The molecule has 1 nitrogen and oxygen atoms in total. The Morgan fingerprint density at radius 2 is 2.21 bits per heavy atom. The molecule has 104 valence electrons. The third kappa shape index (κ3) is 2.76. The lowest BCUT2D eigenvalue weighted by Crippen LogP contribution is -2.24. The molecule has 0 aromatic heterocycles. The first kappa shape index (κ1) is 13.3. The van der Waals surface area contributed by atoms with Gasteiger partial charge in [-0.1, -0.05) is 18.6 Å². The maximum atomic E-state index is 6.28. The molecular formula is C17H23ClO. The summed E-state index contributed by atoms with van der Waals surface area (Å²) in [7, 11) is 1.73. The van der Waals surface area contributed by atoms with Crippen LogP contribution in [0.2, 0.25) is 0 Å². The van der Waals surface area contributed by atoms with Crippen molar-refractivity contribution in [1.82, 2.24) is 0 Å². The Morgan fingerprint density at radius 3 is 2.84 bits per heavy atom. The normalized spacial score (nSPS) is 30.5. The predicted molar refractivity (Wildman–Crippen MR) is 79.8 cm³/mol. The summed E-state index contributed by atoms with van der Waals surface area (Å²) in [5, 5.41) is 0. The highest BCUT2D eigenvalue weighted by Gasteiger charge is 2.42. The molecule has 0 heterocycles. The minimum atomic E-state index is 0.643. The van der Waals surface area contributed by atoms with Crippen LogP contribution >= 0.6 is 11.6 Å². The summed E-state index contributed by atoms with van der Waals surface area (Å²) in [6, 6.07) is 8.46. The van der Waals surface area contributed by atoms with E-state index in [4.69, 9.17) is 16.3 Å². The van der Waals surface area contributed by atoms with Gasteiger partial charge in [-0.25, -0.2) is 0 Å². The average Bonchev–Trinajstić information content (AvgIpc) is 3.07. The van der Waals surface area contributed by atoms with Gasteiger partial charge in [0.1, 0.15) is 5.75 Å². The lowest BCUT2D eigenvalue weighted by atomic mass is 9.77. The van der Waals surface area contributed by atoms with Crippen molar-refractivity contribution in [2.75, 3.05) is 13.0 Å². The first-order valence-electron chi connectivity index (χ1n) is 7.49. The molecular weight excluding hydrogens is 256 g/mol. The standard InChI is InChI=1S/C17H23ClO/c1-19-16-4-2-3-12(9-16)8-15(11-18)17-10-13-5-6-14(17)7-13/h2-4,9,13-15,17H,5-8,10-11H2,1H3. The lowest BCUT2D eigenvalue weighted by Gasteiger charge is -2.29. The van der Waals surface area contributed by atoms with E-state index in [-0.39, 0.29) is 0 Å². The Hall–Kier alpha value is -0.690. The summed E-state index contributed by atoms with van der Waals surface area (Å²) >= 11 is 6.28. The van der Waals surface area contributed by atoms with Gasteiger partial charge in [0.25, 0.3) is 0 Å². The van der Waals surface area contributed by atoms with E-state index in [0.29, 0.717) is 5.92 Å². The molecule has 2 bridgehead atoms. The van der Waals surface area contributed by atoms with Crippen molar-refractivity contribution in [3.05, 3.63) is 29.8 Å². The van der Waals surface area contributed by atoms with Crippen LogP contribution in [0.5, 0.6) is 5.75 Å². The molecule has 0 radical (unpaired) electrons. The Labute approximate surface area is 121 Å². The van der Waals surface area contributed by atoms with E-state index >= 15 is 0 Å². The van der Waals surface area contributed by atoms with Crippen LogP contribution in [0.25, 0.3) is 0 Å². The zero-order valence-electron chi connectivity index (χ0n) is 11.6. The van der Waals surface area contributed by atoms with E-state index in [0.717, 1.165) is 35.8 Å². The van der Waals surface area contributed by atoms with Crippen LogP contribution in [0, 0.1) is 23.7 Å². The third-order valence-corrected chi connectivity index (χ3v) is 5.62. The van der Waals surface area contributed by atoms with Gasteiger partial charge in [-0.2, -0.15) is 0 Å². The number of benzene rings is 1. The first-order chi connectivity index (χ1) is 9.30. The van der Waals surface area contributed by atoms with Crippen LogP contribution in [0.3, 0.4) is 0 Å². The Kier molecular flexibility index (Phi) is 4.02. The number of fused-ring (bicyclic) bond motifs is 2. The number of alkyl halides is 1. The summed E-state index contributed by atoms with van der Waals surface area (Å²) in [4.78, 5) is 0. The average molecular weight is 279 g/mol. The Bertz CT molecular complexity index is 431. The molecule has 1 aromatic carbocycles. The fourth-order valence-corrected chi connectivity index (χ4v) is 4.63. The molecule has 4 unspecified atom stereocenters. The van der Waals surface area contributed by atoms with Crippen molar-refractivity contribution in [2.24, 2.45) is 23.7 Å². The highest BCUT2D eigenvalue weighted by Crippen LogP contribution is 2.51. The van der Waals surface area contributed by atoms with Gasteiger partial charge in [0.05, 0.1) is 7.11 Å². The molecule has 2 aliphatic rings. The van der Waals surface area contributed by atoms with E-state index in [1.165, 1.54) is 31.2 Å². The van der Waals surface area contributed by atoms with Gasteiger partial charge in [-0.05, 0) is 67.1 Å². The van der Waals surface area contributed by atoms with Crippen molar-refractivity contribution >= 4 is 11.6 Å². The molecule has 2 saturated carbocycles. The Balaban J connectivity index is 1.69. The topological polar surface area (TPSA) is 9.23 Å². The van der Waals surface area contributed by atoms with Crippen molar-refractivity contribution in [2.45, 2.75) is 32.1 Å². The van der Waals surface area contributed by atoms with Crippen LogP contribution in [-0.2, 0) is 6.42 Å². The first-order valence-corrected chi connectivity index (χ1v) is 8.02. The van der Waals surface area contributed by atoms with E-state index in [1.54, 1.807) is 7.11 Å². The van der Waals surface area contributed by atoms with Crippen LogP contribution in [-0.4, -0.2) is 13.0 Å². The maximum Gasteiger partial charge on any atom is 0.119 e. The van der Waals surface area contributed by atoms with E-state index < -0.39 is 0 Å². The minimum absolute atomic E-state index is 0.643. The number of rotatable bonds is 5. The van der Waals surface area contributed by atoms with Crippen molar-refractivity contribution < 1.29 is 4.74 Å². The van der Waals surface area contributed by atoms with Gasteiger partial charge >= 0.3 is 0 Å². The van der Waals surface area contributed by atoms with E-state index in [2.05, 4.69) is 18.2 Å². The third-order valence-electron chi connectivity index (χ3n) is 5.23. The quantitative estimate of drug-likeness (QED) is 0.719. The van der Waals surface area contributed by atoms with Crippen LogP contribution < -0.4 is 4.74 Å². The fourth-order valence-electron chi connectivity index (χ4n) is 4.29. The second-order valence-electron chi connectivity index (χ2n) is 6.31. The molecule has 0 spiro atoms. The molecule has 1 aromatic rings. The minimum Gasteiger partial charge on any atom is -0.497 e. The maximum absolute atomic E-state index is 6.28. The largest absolute Gasteiger partial charge is 0.497 e. The highest BCUT2D eigenvalue weighted by molar-refractivity contribution is 6.18. The van der Waals surface area contributed by atoms with Gasteiger partial charge in [0.2, 0.25) is 0 Å². The van der Waals surface area contributed by atoms with E-state index in [9.17, 15) is 0 Å². The fraction of sp³-hybridized carbons (Fsp3) is 0.647. The van der Waals surface area contributed by atoms with Crippen LogP contribution in [0.1, 0.15) is 31.2 Å². The highest BCUT2D eigenvalue weighted by atomic mass is 35.5. The van der Waals surface area contributed by atoms with Crippen LogP contribution in [0.15, 0.2) is 24.3 Å². The molecule has 0 N–H and O–H groups in total. The SMILES string of the molecule is COc1cccc(CC(CCl)C2CC3CCC2C3)c1. The van der Waals surface area contributed by atoms with Crippen molar-refractivity contribution in [3.63, 3.8) is 0 Å². The molecule has 19 heavy (non-hydrogen) atoms. The number of hydrogen-bond acceptors (Lipinski definition) is 1. The number of hydrogen-bond donors (Lipinski definition) is 0. The number of ether oxygens (including phenoxy) is 1. The van der Waals surface area contributed by atoms with Gasteiger partial charge in [0.15, 0.2) is 0 Å². The second kappa shape index (κ2) is 5.75. The molecule has 3 rings (SSSR count). The van der Waals surface area contributed by atoms with E-state index in [1.807, 2.05) is 6.07 Å². The zero-order valence-corrected chi connectivity index (χ0v) is 12.4. The molecule has 0 saturated heterocycles. The Morgan fingerprint density at radius 1 is 1.32 bits per heavy atom. The van der Waals surface area contributed by atoms with Crippen LogP contribution in [0.4, 0.5) is 0 Å². The molecule has 0 amide bonds. The zero-order chi connectivity index (χ0) is 13.2. The summed E-state index contributed by atoms with van der Waals surface area (Å²) < 4.78 is 5.31. The van der Waals surface area contributed by atoms with Crippen molar-refractivity contribution in [3.8, 4) is 5.75 Å². The van der Waals surface area contributed by atoms with Crippen molar-refractivity contribution in [1.29, 1.82) is 0 Å². The molecule has 2 heteroatoms. The number of methoxy groups -OCH3 is 1. The monoisotopic (exact) mass is 278 g/mol. The second-order valence-corrected chi connectivity index (χ2v) is 6.62. The van der Waals surface area contributed by atoms with Gasteiger partial charge in [0, 0.05) is 5.88 Å². The summed E-state index contributed by atoms with van der Waals surface area (Å²) in [5.41, 5.74) is 1.37. The van der Waals surface area contributed by atoms with Gasteiger partial charge in [-0.3, -0.25) is 0 Å². The summed E-state index contributed by atoms with van der Waals surface area (Å²) in [6.07, 6.45) is 6.91. The van der Waals surface area contributed by atoms with Gasteiger partial charge < -0.3 is 4.74 Å². The van der Waals surface area contributed by atoms with Gasteiger partial charge in [-0.15, -0.1) is 11.6 Å². The summed E-state index contributed by atoms with van der Waals surface area (Å²) in [5.74, 6) is 5.22. The predicted octanol–water partition coefficient (Wildman–Crippen LogP) is 4.53.